The van der Waals surface area contributed by atoms with E-state index in [9.17, 15) is 9.46 Å². The Kier molecular flexibility index (Phi) is 9.14. The van der Waals surface area contributed by atoms with Crippen LogP contribution in [0.4, 0.5) is 0 Å². The van der Waals surface area contributed by atoms with Gasteiger partial charge in [-0.15, -0.1) is 0 Å². The Morgan fingerprint density at radius 1 is 0.870 bits per heavy atom. The van der Waals surface area contributed by atoms with Crippen molar-refractivity contribution in [1.29, 1.82) is 0 Å². The molecule has 0 bridgehead atoms. The van der Waals surface area contributed by atoms with Crippen LogP contribution in [0.1, 0.15) is 77.0 Å². The number of hydrogen-bond acceptors (Lipinski definition) is 4. The molecule has 5 nitrogen and oxygen atoms in total. The zero-order valence-corrected chi connectivity index (χ0v) is 15.2. The van der Waals surface area contributed by atoms with Gasteiger partial charge in [0.1, 0.15) is 0 Å². The summed E-state index contributed by atoms with van der Waals surface area (Å²) in [6.45, 7) is 1.61. The van der Waals surface area contributed by atoms with E-state index in [2.05, 4.69) is 0 Å². The van der Waals surface area contributed by atoms with Gasteiger partial charge >= 0.3 is 7.82 Å². The molecule has 0 radical (unpaired) electrons. The first kappa shape index (κ1) is 19.4. The van der Waals surface area contributed by atoms with Crippen LogP contribution >= 0.6 is 7.82 Å². The quantitative estimate of drug-likeness (QED) is 0.367. The molecule has 2 aliphatic rings. The lowest BCUT2D eigenvalue weighted by Gasteiger charge is -2.21. The molecule has 0 aromatic carbocycles. The SMILES string of the molecule is O=P(O)(OCCCOCC1CCCCC1)OC1CCCCCC1. The summed E-state index contributed by atoms with van der Waals surface area (Å²) >= 11 is 0. The molecule has 1 atom stereocenters. The molecule has 0 aromatic heterocycles. The van der Waals surface area contributed by atoms with E-state index in [1.807, 2.05) is 0 Å². The molecule has 0 amide bonds. The molecule has 0 saturated heterocycles. The predicted molar refractivity (Wildman–Crippen MR) is 90.4 cm³/mol. The average molecular weight is 348 g/mol. The molecule has 0 aliphatic heterocycles. The maximum atomic E-state index is 11.9. The van der Waals surface area contributed by atoms with Gasteiger partial charge in [-0.3, -0.25) is 9.05 Å². The van der Waals surface area contributed by atoms with Crippen molar-refractivity contribution in [2.24, 2.45) is 5.92 Å². The Hall–Kier alpha value is 0.0700. The Morgan fingerprint density at radius 3 is 2.17 bits per heavy atom. The second kappa shape index (κ2) is 10.8. The van der Waals surface area contributed by atoms with E-state index in [4.69, 9.17) is 13.8 Å². The van der Waals surface area contributed by atoms with Crippen molar-refractivity contribution in [1.82, 2.24) is 0 Å². The van der Waals surface area contributed by atoms with Crippen molar-refractivity contribution in [3.8, 4) is 0 Å². The van der Waals surface area contributed by atoms with Gasteiger partial charge in [-0.2, -0.15) is 0 Å². The van der Waals surface area contributed by atoms with Crippen molar-refractivity contribution in [2.75, 3.05) is 19.8 Å². The molecule has 2 saturated carbocycles. The van der Waals surface area contributed by atoms with Crippen molar-refractivity contribution >= 4 is 7.82 Å². The van der Waals surface area contributed by atoms with Crippen molar-refractivity contribution in [2.45, 2.75) is 83.2 Å². The zero-order chi connectivity index (χ0) is 16.4. The first-order valence-corrected chi connectivity index (χ1v) is 10.9. The molecular weight excluding hydrogens is 315 g/mol. The monoisotopic (exact) mass is 348 g/mol. The lowest BCUT2D eigenvalue weighted by molar-refractivity contribution is 0.0635. The minimum atomic E-state index is -3.91. The number of ether oxygens (including phenoxy) is 1. The molecule has 1 N–H and O–H groups in total. The largest absolute Gasteiger partial charge is 0.472 e. The highest BCUT2D eigenvalue weighted by Crippen LogP contribution is 2.46. The van der Waals surface area contributed by atoms with Crippen LogP contribution in [0.3, 0.4) is 0 Å². The van der Waals surface area contributed by atoms with Crippen LogP contribution in [-0.4, -0.2) is 30.8 Å². The van der Waals surface area contributed by atoms with Crippen molar-refractivity contribution in [3.63, 3.8) is 0 Å². The van der Waals surface area contributed by atoms with Gasteiger partial charge in [-0.05, 0) is 38.0 Å². The van der Waals surface area contributed by atoms with Gasteiger partial charge in [0.05, 0.1) is 12.7 Å². The third kappa shape index (κ3) is 8.64. The molecule has 136 valence electrons. The van der Waals surface area contributed by atoms with Crippen LogP contribution in [0.5, 0.6) is 0 Å². The minimum absolute atomic E-state index is 0.129. The zero-order valence-electron chi connectivity index (χ0n) is 14.3. The summed E-state index contributed by atoms with van der Waals surface area (Å²) in [6, 6.07) is 0. The fourth-order valence-corrected chi connectivity index (χ4v) is 4.52. The summed E-state index contributed by atoms with van der Waals surface area (Å²) in [5.41, 5.74) is 0. The number of phosphoric ester groups is 1. The first-order valence-electron chi connectivity index (χ1n) is 9.39. The molecule has 1 unspecified atom stereocenters. The van der Waals surface area contributed by atoms with Crippen molar-refractivity contribution in [3.05, 3.63) is 0 Å². The first-order chi connectivity index (χ1) is 11.2. The Morgan fingerprint density at radius 2 is 1.48 bits per heavy atom. The van der Waals surface area contributed by atoms with E-state index in [1.165, 1.54) is 44.9 Å². The lowest BCUT2D eigenvalue weighted by atomic mass is 9.90. The minimum Gasteiger partial charge on any atom is -0.381 e. The van der Waals surface area contributed by atoms with E-state index < -0.39 is 7.82 Å². The standard InChI is InChI=1S/C17H33O5P/c18-23(19,22-17-11-6-1-2-7-12-17)21-14-8-13-20-15-16-9-4-3-5-10-16/h16-17H,1-15H2,(H,18,19). The summed E-state index contributed by atoms with van der Waals surface area (Å²) in [6.07, 6.45) is 13.3. The van der Waals surface area contributed by atoms with E-state index in [1.54, 1.807) is 0 Å². The number of hydrogen-bond donors (Lipinski definition) is 1. The molecule has 2 rings (SSSR count). The van der Waals surface area contributed by atoms with Gasteiger partial charge in [0.15, 0.2) is 0 Å². The Bertz CT molecular complexity index is 349. The summed E-state index contributed by atoms with van der Waals surface area (Å²) in [7, 11) is -3.91. The van der Waals surface area contributed by atoms with Crippen LogP contribution < -0.4 is 0 Å². The van der Waals surface area contributed by atoms with Gasteiger partial charge in [0.2, 0.25) is 0 Å². The fraction of sp³-hybridized carbons (Fsp3) is 1.00. The fourth-order valence-electron chi connectivity index (χ4n) is 3.51. The molecule has 0 aromatic rings. The third-order valence-electron chi connectivity index (χ3n) is 4.85. The lowest BCUT2D eigenvalue weighted by Crippen LogP contribution is -2.14. The van der Waals surface area contributed by atoms with E-state index in [0.717, 1.165) is 32.3 Å². The van der Waals surface area contributed by atoms with Crippen LogP contribution in [0.25, 0.3) is 0 Å². The molecule has 0 spiro atoms. The maximum Gasteiger partial charge on any atom is 0.472 e. The summed E-state index contributed by atoms with van der Waals surface area (Å²) < 4.78 is 28.0. The van der Waals surface area contributed by atoms with E-state index in [0.29, 0.717) is 18.9 Å². The second-order valence-corrected chi connectivity index (χ2v) is 8.36. The highest BCUT2D eigenvalue weighted by atomic mass is 31.2. The molecular formula is C17H33O5P. The topological polar surface area (TPSA) is 65.0 Å². The maximum absolute atomic E-state index is 11.9. The normalized spacial score (nSPS) is 24.2. The van der Waals surface area contributed by atoms with Gasteiger partial charge < -0.3 is 9.63 Å². The van der Waals surface area contributed by atoms with Crippen LogP contribution in [0.15, 0.2) is 0 Å². The molecule has 2 aliphatic carbocycles. The highest BCUT2D eigenvalue weighted by molar-refractivity contribution is 7.47. The molecule has 23 heavy (non-hydrogen) atoms. The third-order valence-corrected chi connectivity index (χ3v) is 5.92. The average Bonchev–Trinajstić information content (AvgIpc) is 2.80. The van der Waals surface area contributed by atoms with Gasteiger partial charge in [-0.25, -0.2) is 4.57 Å². The smallest absolute Gasteiger partial charge is 0.381 e. The Balaban J connectivity index is 1.50. The van der Waals surface area contributed by atoms with Gasteiger partial charge in [0, 0.05) is 13.2 Å². The number of rotatable bonds is 9. The number of phosphoric acid groups is 1. The van der Waals surface area contributed by atoms with Gasteiger partial charge in [-0.1, -0.05) is 44.9 Å². The van der Waals surface area contributed by atoms with E-state index >= 15 is 0 Å². The van der Waals surface area contributed by atoms with Crippen molar-refractivity contribution < 1.29 is 23.2 Å². The Labute approximate surface area is 140 Å². The predicted octanol–water partition coefficient (Wildman–Crippen LogP) is 4.83. The van der Waals surface area contributed by atoms with Crippen LogP contribution in [0, 0.1) is 5.92 Å². The highest BCUT2D eigenvalue weighted by Gasteiger charge is 2.26. The van der Waals surface area contributed by atoms with Crippen LogP contribution in [-0.2, 0) is 18.3 Å². The molecule has 2 fully saturated rings. The second-order valence-electron chi connectivity index (χ2n) is 6.95. The van der Waals surface area contributed by atoms with Gasteiger partial charge in [0.25, 0.3) is 0 Å². The van der Waals surface area contributed by atoms with E-state index in [-0.39, 0.29) is 12.7 Å². The summed E-state index contributed by atoms with van der Waals surface area (Å²) in [5, 5.41) is 0. The van der Waals surface area contributed by atoms with Crippen LogP contribution in [0.2, 0.25) is 0 Å². The summed E-state index contributed by atoms with van der Waals surface area (Å²) in [4.78, 5) is 9.79. The summed E-state index contributed by atoms with van der Waals surface area (Å²) in [5.74, 6) is 0.701. The molecule has 6 heteroatoms. The molecule has 0 heterocycles.